The molecule has 9 nitrogen and oxygen atoms in total. The van der Waals surface area contributed by atoms with Crippen molar-refractivity contribution in [2.45, 2.75) is 37.8 Å². The molecule has 1 amide bonds. The Morgan fingerprint density at radius 1 is 1.41 bits per heavy atom. The van der Waals surface area contributed by atoms with Crippen molar-refractivity contribution in [2.75, 3.05) is 20.6 Å². The van der Waals surface area contributed by atoms with Gasteiger partial charge in [0.25, 0.3) is 0 Å². The van der Waals surface area contributed by atoms with Crippen LogP contribution in [0, 0.1) is 6.92 Å². The summed E-state index contributed by atoms with van der Waals surface area (Å²) in [6.45, 7) is 2.78. The van der Waals surface area contributed by atoms with E-state index < -0.39 is 28.0 Å². The van der Waals surface area contributed by atoms with E-state index in [0.717, 1.165) is 10.4 Å². The number of aromatic nitrogens is 2. The Labute approximate surface area is 191 Å². The van der Waals surface area contributed by atoms with Crippen molar-refractivity contribution in [3.05, 3.63) is 57.6 Å². The Morgan fingerprint density at radius 2 is 2.06 bits per heavy atom. The van der Waals surface area contributed by atoms with Crippen molar-refractivity contribution in [3.63, 3.8) is 0 Å². The molecule has 2 rings (SSSR count). The van der Waals surface area contributed by atoms with E-state index in [1.54, 1.807) is 19.1 Å². The number of carbonyl (C=O) groups is 1. The van der Waals surface area contributed by atoms with Crippen LogP contribution in [0.15, 0.2) is 35.0 Å². The third-order valence-corrected chi connectivity index (χ3v) is 7.00. The summed E-state index contributed by atoms with van der Waals surface area (Å²) in [4.78, 5) is 10.5. The zero-order valence-corrected chi connectivity index (χ0v) is 19.7. The molecule has 0 bridgehead atoms. The van der Waals surface area contributed by atoms with Crippen molar-refractivity contribution < 1.29 is 27.8 Å². The van der Waals surface area contributed by atoms with E-state index in [1.165, 1.54) is 31.8 Å². The highest BCUT2D eigenvalue weighted by Crippen LogP contribution is 2.29. The van der Waals surface area contributed by atoms with Gasteiger partial charge in [0.1, 0.15) is 10.7 Å². The van der Waals surface area contributed by atoms with Crippen LogP contribution in [-0.2, 0) is 23.0 Å². The van der Waals surface area contributed by atoms with Crippen LogP contribution in [0.2, 0.25) is 5.02 Å². The van der Waals surface area contributed by atoms with Crippen molar-refractivity contribution in [1.29, 1.82) is 0 Å². The van der Waals surface area contributed by atoms with Gasteiger partial charge in [0.05, 0.1) is 29.1 Å². The number of aliphatic hydroxyl groups excluding tert-OH is 1. The van der Waals surface area contributed by atoms with E-state index in [1.807, 2.05) is 5.32 Å². The van der Waals surface area contributed by atoms with E-state index in [9.17, 15) is 22.7 Å². The van der Waals surface area contributed by atoms with E-state index in [0.29, 0.717) is 28.9 Å². The molecular weight excluding hydrogens is 463 g/mol. The van der Waals surface area contributed by atoms with Crippen LogP contribution >= 0.6 is 11.6 Å². The molecule has 1 heterocycles. The quantitative estimate of drug-likeness (QED) is 0.498. The van der Waals surface area contributed by atoms with Gasteiger partial charge in [0.15, 0.2) is 0 Å². The third kappa shape index (κ3) is 6.06. The average molecular weight is 489 g/mol. The van der Waals surface area contributed by atoms with Gasteiger partial charge in [0.2, 0.25) is 10.0 Å². The maximum Gasteiger partial charge on any atom is 0.404 e. The number of carboxylic acid groups (broad SMARTS) is 1. The normalized spacial score (nSPS) is 13.4. The fourth-order valence-corrected chi connectivity index (χ4v) is 4.60. The zero-order chi connectivity index (χ0) is 24.2. The number of nitrogens with one attached hydrogen (secondary N) is 1. The lowest BCUT2D eigenvalue weighted by Crippen LogP contribution is -2.22. The lowest BCUT2D eigenvalue weighted by molar-refractivity contribution is 0.186. The van der Waals surface area contributed by atoms with Crippen LogP contribution in [0.1, 0.15) is 35.5 Å². The molecule has 0 spiro atoms. The van der Waals surface area contributed by atoms with Crippen molar-refractivity contribution in [3.8, 4) is 0 Å². The van der Waals surface area contributed by atoms with E-state index in [-0.39, 0.29) is 23.0 Å². The van der Waals surface area contributed by atoms with Gasteiger partial charge in [-0.25, -0.2) is 21.9 Å². The van der Waals surface area contributed by atoms with Gasteiger partial charge in [-0.2, -0.15) is 5.10 Å². The summed E-state index contributed by atoms with van der Waals surface area (Å²) in [5.41, 5.74) is 2.33. The zero-order valence-electron chi connectivity index (χ0n) is 18.1. The Morgan fingerprint density at radius 3 is 2.59 bits per heavy atom. The fraction of sp³-hybridized carbons (Fsp3) is 0.400. The van der Waals surface area contributed by atoms with E-state index in [2.05, 4.69) is 5.10 Å². The summed E-state index contributed by atoms with van der Waals surface area (Å²) in [5.74, 6) is -0.615. The first-order chi connectivity index (χ1) is 14.8. The molecule has 32 heavy (non-hydrogen) atoms. The predicted octanol–water partition coefficient (Wildman–Crippen LogP) is 2.86. The molecule has 0 aliphatic heterocycles. The number of aryl methyl sites for hydroxylation is 1. The second-order valence-corrected chi connectivity index (χ2v) is 9.88. The lowest BCUT2D eigenvalue weighted by Gasteiger charge is -2.14. The van der Waals surface area contributed by atoms with Crippen molar-refractivity contribution in [1.82, 2.24) is 19.4 Å². The summed E-state index contributed by atoms with van der Waals surface area (Å²) in [5, 5.41) is 25.3. The topological polar surface area (TPSA) is 125 Å². The van der Waals surface area contributed by atoms with Crippen LogP contribution in [0.3, 0.4) is 0 Å². The van der Waals surface area contributed by atoms with E-state index in [4.69, 9.17) is 16.7 Å². The van der Waals surface area contributed by atoms with Crippen LogP contribution < -0.4 is 5.32 Å². The molecule has 12 heteroatoms. The minimum Gasteiger partial charge on any atom is -0.465 e. The number of nitrogens with zero attached hydrogens (tertiary/aromatic N) is 3. The SMILES string of the molecule is Cc1nn(C/C(F)=C/CNC(=O)O)c(C(C)O)c1Cc1ccc(S(=O)(=O)N(C)C)c(Cl)c1. The number of hydrogen-bond donors (Lipinski definition) is 3. The maximum absolute atomic E-state index is 14.2. The van der Waals surface area contributed by atoms with Gasteiger partial charge >= 0.3 is 6.09 Å². The van der Waals surface area contributed by atoms with Crippen LogP contribution in [-0.4, -0.2) is 59.4 Å². The monoisotopic (exact) mass is 488 g/mol. The Bertz CT molecular complexity index is 1130. The molecule has 176 valence electrons. The molecule has 0 radical (unpaired) electrons. The second kappa shape index (κ2) is 10.4. The number of amides is 1. The van der Waals surface area contributed by atoms with Crippen molar-refractivity contribution >= 4 is 27.7 Å². The van der Waals surface area contributed by atoms with Gasteiger partial charge in [-0.1, -0.05) is 17.7 Å². The molecule has 1 aromatic carbocycles. The highest BCUT2D eigenvalue weighted by molar-refractivity contribution is 7.89. The predicted molar refractivity (Wildman–Crippen MR) is 118 cm³/mol. The molecule has 0 saturated carbocycles. The Kier molecular flexibility index (Phi) is 8.41. The summed E-state index contributed by atoms with van der Waals surface area (Å²) >= 11 is 6.23. The first-order valence-electron chi connectivity index (χ1n) is 9.61. The van der Waals surface area contributed by atoms with Gasteiger partial charge < -0.3 is 15.5 Å². The summed E-state index contributed by atoms with van der Waals surface area (Å²) in [7, 11) is -0.866. The molecule has 0 saturated heterocycles. The molecule has 0 fully saturated rings. The number of sulfonamides is 1. The first kappa shape index (κ1) is 25.8. The van der Waals surface area contributed by atoms with Crippen LogP contribution in [0.5, 0.6) is 0 Å². The standard InChI is InChI=1S/C20H26ClFN4O5S/c1-12-16(9-14-5-6-18(17(21)10-14)32(30,31)25(3)4)19(13(2)27)26(24-12)11-15(22)7-8-23-20(28)29/h5-7,10,13,23,27H,8-9,11H2,1-4H3,(H,28,29)/b15-7-. The fourth-order valence-electron chi connectivity index (χ4n) is 3.16. The smallest absolute Gasteiger partial charge is 0.404 e. The molecule has 1 unspecified atom stereocenters. The number of rotatable bonds is 9. The molecular formula is C20H26ClFN4O5S. The molecule has 2 aromatic rings. The molecule has 0 aliphatic rings. The highest BCUT2D eigenvalue weighted by atomic mass is 35.5. The Balaban J connectivity index is 2.35. The van der Waals surface area contributed by atoms with Gasteiger partial charge in [-0.3, -0.25) is 4.68 Å². The van der Waals surface area contributed by atoms with E-state index >= 15 is 0 Å². The third-order valence-electron chi connectivity index (χ3n) is 4.70. The second-order valence-electron chi connectivity index (χ2n) is 7.35. The highest BCUT2D eigenvalue weighted by Gasteiger charge is 2.23. The largest absolute Gasteiger partial charge is 0.465 e. The molecule has 1 atom stereocenters. The molecule has 1 aromatic heterocycles. The average Bonchev–Trinajstić information content (AvgIpc) is 2.96. The number of hydrogen-bond acceptors (Lipinski definition) is 5. The van der Waals surface area contributed by atoms with Crippen LogP contribution in [0.25, 0.3) is 0 Å². The minimum atomic E-state index is -3.69. The first-order valence-corrected chi connectivity index (χ1v) is 11.4. The van der Waals surface area contributed by atoms with Gasteiger partial charge in [-0.05, 0) is 37.6 Å². The molecule has 3 N–H and O–H groups in total. The number of benzene rings is 1. The van der Waals surface area contributed by atoms with Crippen molar-refractivity contribution in [2.24, 2.45) is 0 Å². The summed E-state index contributed by atoms with van der Waals surface area (Å²) < 4.78 is 41.3. The van der Waals surface area contributed by atoms with Crippen LogP contribution in [0.4, 0.5) is 9.18 Å². The number of aliphatic hydroxyl groups is 1. The maximum atomic E-state index is 14.2. The summed E-state index contributed by atoms with van der Waals surface area (Å²) in [6.07, 6.45) is -0.848. The minimum absolute atomic E-state index is 0.0155. The van der Waals surface area contributed by atoms with Gasteiger partial charge in [-0.15, -0.1) is 0 Å². The number of allylic oxidation sites excluding steroid dienone is 1. The Hall–Kier alpha value is -2.47. The lowest BCUT2D eigenvalue weighted by atomic mass is 10.0. The van der Waals surface area contributed by atoms with Gasteiger partial charge in [0, 0.05) is 32.6 Å². The number of halogens is 2. The molecule has 0 aliphatic carbocycles. The summed E-state index contributed by atoms with van der Waals surface area (Å²) in [6, 6.07) is 4.59.